The molecule has 0 atom stereocenters. The summed E-state index contributed by atoms with van der Waals surface area (Å²) in [6, 6.07) is 5.52. The second-order valence-electron chi connectivity index (χ2n) is 10.7. The third-order valence-electron chi connectivity index (χ3n) is 7.73. The number of nitrogen functional groups attached to an aromatic ring is 1. The summed E-state index contributed by atoms with van der Waals surface area (Å²) in [4.78, 5) is 39.7. The Bertz CT molecular complexity index is 1980. The molecule has 2 N–H and O–H groups in total. The number of amides is 1. The van der Waals surface area contributed by atoms with E-state index in [0.29, 0.717) is 48.6 Å². The fourth-order valence-corrected chi connectivity index (χ4v) is 6.84. The number of nitrogens with zero attached hydrogens (tertiary/aromatic N) is 6. The lowest BCUT2D eigenvalue weighted by molar-refractivity contribution is -0.126. The highest BCUT2D eigenvalue weighted by atomic mass is 35.5. The molecule has 0 bridgehead atoms. The molecule has 1 saturated heterocycles. The van der Waals surface area contributed by atoms with Crippen molar-refractivity contribution in [3.05, 3.63) is 83.3 Å². The van der Waals surface area contributed by atoms with Gasteiger partial charge in [0.15, 0.2) is 0 Å². The van der Waals surface area contributed by atoms with E-state index in [1.807, 2.05) is 25.7 Å². The minimum Gasteiger partial charge on any atom is -0.396 e. The van der Waals surface area contributed by atoms with Gasteiger partial charge in [-0.2, -0.15) is 5.26 Å². The van der Waals surface area contributed by atoms with Crippen molar-refractivity contribution in [2.45, 2.75) is 26.7 Å². The molecule has 1 amide bonds. The molecule has 9 nitrogen and oxygen atoms in total. The van der Waals surface area contributed by atoms with Crippen LogP contribution in [0.5, 0.6) is 0 Å². The molecule has 14 heteroatoms. The van der Waals surface area contributed by atoms with Crippen molar-refractivity contribution in [2.75, 3.05) is 36.8 Å². The number of hydrogen-bond donors (Lipinski definition) is 1. The number of pyridine rings is 3. The first kappa shape index (κ1) is 32.9. The molecular formula is C31H26Cl5N7O2. The molecule has 4 heterocycles. The number of nitrogens with two attached hydrogens (primary N) is 1. The van der Waals surface area contributed by atoms with E-state index in [2.05, 4.69) is 17.6 Å². The quantitative estimate of drug-likeness (QED) is 0.0992. The zero-order valence-corrected chi connectivity index (χ0v) is 28.2. The number of nitriles is 1. The fourth-order valence-electron chi connectivity index (χ4n) is 5.50. The van der Waals surface area contributed by atoms with Gasteiger partial charge in [-0.05, 0) is 36.6 Å². The van der Waals surface area contributed by atoms with Crippen LogP contribution in [0.3, 0.4) is 0 Å². The molecule has 0 unspecified atom stereocenters. The summed E-state index contributed by atoms with van der Waals surface area (Å²) < 4.78 is 1.38. The minimum atomic E-state index is -0.603. The maximum Gasteiger partial charge on any atom is 0.276 e. The van der Waals surface area contributed by atoms with Crippen LogP contribution in [0.15, 0.2) is 35.8 Å². The molecular weight excluding hydrogens is 680 g/mol. The SMILES string of the molecule is C=CC(=O)N1CCN(c2c(C#N)c(=O)n(-c3c(C)ccnc3C(C)C)c3nc(-c4c(Cl)c(N)c(Cl)c(Cl)c4Cl)c(Cl)cc23)CC1. The van der Waals surface area contributed by atoms with Gasteiger partial charge in [-0.1, -0.05) is 78.4 Å². The van der Waals surface area contributed by atoms with Gasteiger partial charge in [-0.3, -0.25) is 19.1 Å². The first-order valence-corrected chi connectivity index (χ1v) is 15.7. The van der Waals surface area contributed by atoms with Gasteiger partial charge in [0.25, 0.3) is 5.56 Å². The van der Waals surface area contributed by atoms with Gasteiger partial charge < -0.3 is 15.5 Å². The largest absolute Gasteiger partial charge is 0.396 e. The van der Waals surface area contributed by atoms with Crippen LogP contribution in [0, 0.1) is 18.3 Å². The van der Waals surface area contributed by atoms with E-state index in [4.69, 9.17) is 68.7 Å². The van der Waals surface area contributed by atoms with E-state index < -0.39 is 5.56 Å². The molecule has 1 aliphatic heterocycles. The first-order valence-electron chi connectivity index (χ1n) is 13.8. The van der Waals surface area contributed by atoms with Crippen LogP contribution < -0.4 is 16.2 Å². The topological polar surface area (TPSA) is 121 Å². The summed E-state index contributed by atoms with van der Waals surface area (Å²) in [6.45, 7) is 10.7. The molecule has 5 rings (SSSR count). The zero-order valence-electron chi connectivity index (χ0n) is 24.4. The van der Waals surface area contributed by atoms with E-state index in [1.165, 1.54) is 10.6 Å². The van der Waals surface area contributed by atoms with Crippen LogP contribution in [-0.2, 0) is 4.79 Å². The van der Waals surface area contributed by atoms with Gasteiger partial charge >= 0.3 is 0 Å². The Morgan fingerprint density at radius 1 is 1.07 bits per heavy atom. The van der Waals surface area contributed by atoms with Gasteiger partial charge in [0.2, 0.25) is 5.91 Å². The predicted octanol–water partition coefficient (Wildman–Crippen LogP) is 7.44. The second kappa shape index (κ2) is 12.7. The fraction of sp³-hybridized carbons (Fsp3) is 0.258. The number of aryl methyl sites for hydroxylation is 1. The molecule has 4 aromatic rings. The lowest BCUT2D eigenvalue weighted by Gasteiger charge is -2.36. The van der Waals surface area contributed by atoms with Crippen LogP contribution in [0.2, 0.25) is 25.1 Å². The normalized spacial score (nSPS) is 13.4. The Morgan fingerprint density at radius 2 is 1.73 bits per heavy atom. The number of halogens is 5. The Balaban J connectivity index is 1.93. The van der Waals surface area contributed by atoms with Crippen molar-refractivity contribution in [3.63, 3.8) is 0 Å². The van der Waals surface area contributed by atoms with Gasteiger partial charge in [-0.25, -0.2) is 4.98 Å². The lowest BCUT2D eigenvalue weighted by Crippen LogP contribution is -2.49. The number of carbonyl (C=O) groups is 1. The number of aromatic nitrogens is 3. The van der Waals surface area contributed by atoms with Gasteiger partial charge in [0, 0.05) is 43.3 Å². The molecule has 232 valence electrons. The van der Waals surface area contributed by atoms with E-state index in [9.17, 15) is 14.9 Å². The number of benzene rings is 1. The Hall–Kier alpha value is -3.52. The summed E-state index contributed by atoms with van der Waals surface area (Å²) in [7, 11) is 0. The average Bonchev–Trinajstić information content (AvgIpc) is 3.02. The number of fused-ring (bicyclic) bond motifs is 1. The van der Waals surface area contributed by atoms with Crippen molar-refractivity contribution < 1.29 is 4.79 Å². The zero-order chi connectivity index (χ0) is 32.9. The Labute approximate surface area is 284 Å². The molecule has 0 aliphatic carbocycles. The van der Waals surface area contributed by atoms with Gasteiger partial charge in [0.05, 0.1) is 53.6 Å². The highest BCUT2D eigenvalue weighted by Crippen LogP contribution is 2.49. The molecule has 3 aromatic heterocycles. The molecule has 45 heavy (non-hydrogen) atoms. The molecule has 0 radical (unpaired) electrons. The van der Waals surface area contributed by atoms with Crippen LogP contribution >= 0.6 is 58.0 Å². The van der Waals surface area contributed by atoms with Gasteiger partial charge in [-0.15, -0.1) is 0 Å². The second-order valence-corrected chi connectivity index (χ2v) is 12.7. The highest BCUT2D eigenvalue weighted by Gasteiger charge is 2.30. The standard InChI is InChI=1S/C31H26Cl5N7O2/c1-5-19(44)41-8-10-42(11-9-41)29-16-12-18(32)27(20-21(33)23(35)24(36)25(38)22(20)34)40-30(16)43(31(45)17(29)13-37)28-15(4)6-7-39-26(28)14(2)3/h5-7,12,14H,1,8-11,38H2,2-4H3. The Morgan fingerprint density at radius 3 is 2.33 bits per heavy atom. The van der Waals surface area contributed by atoms with E-state index in [-0.39, 0.29) is 65.1 Å². The van der Waals surface area contributed by atoms with Crippen molar-refractivity contribution in [2.24, 2.45) is 0 Å². The smallest absolute Gasteiger partial charge is 0.276 e. The third-order valence-corrected chi connectivity index (χ3v) is 9.75. The summed E-state index contributed by atoms with van der Waals surface area (Å²) in [5.41, 5.74) is 8.02. The number of carbonyl (C=O) groups excluding carboxylic acids is 1. The van der Waals surface area contributed by atoms with Crippen LogP contribution in [0.1, 0.15) is 36.6 Å². The van der Waals surface area contributed by atoms with Crippen molar-refractivity contribution in [3.8, 4) is 23.0 Å². The summed E-state index contributed by atoms with van der Waals surface area (Å²) in [5, 5.41) is 10.9. The van der Waals surface area contributed by atoms with Crippen LogP contribution in [0.4, 0.5) is 11.4 Å². The van der Waals surface area contributed by atoms with Crippen molar-refractivity contribution in [1.29, 1.82) is 5.26 Å². The number of hydrogen-bond acceptors (Lipinski definition) is 7. The maximum absolute atomic E-state index is 14.5. The van der Waals surface area contributed by atoms with Crippen molar-refractivity contribution >= 4 is 86.3 Å². The molecule has 0 saturated carbocycles. The molecule has 1 aromatic carbocycles. The summed E-state index contributed by atoms with van der Waals surface area (Å²) in [5.74, 6) is -0.291. The predicted molar refractivity (Wildman–Crippen MR) is 183 cm³/mol. The number of anilines is 2. The van der Waals surface area contributed by atoms with Crippen LogP contribution in [-0.4, -0.2) is 51.5 Å². The van der Waals surface area contributed by atoms with Crippen LogP contribution in [0.25, 0.3) is 28.0 Å². The van der Waals surface area contributed by atoms with Gasteiger partial charge in [0.1, 0.15) is 17.3 Å². The average molecular weight is 706 g/mol. The lowest BCUT2D eigenvalue weighted by atomic mass is 10.0. The third kappa shape index (κ3) is 5.49. The summed E-state index contributed by atoms with van der Waals surface area (Å²) in [6.07, 6.45) is 2.92. The Kier molecular flexibility index (Phi) is 9.28. The van der Waals surface area contributed by atoms with E-state index in [0.717, 1.165) is 5.56 Å². The number of piperazine rings is 1. The maximum atomic E-state index is 14.5. The van der Waals surface area contributed by atoms with Crippen molar-refractivity contribution in [1.82, 2.24) is 19.4 Å². The monoisotopic (exact) mass is 703 g/mol. The first-order chi connectivity index (χ1) is 21.3. The number of rotatable bonds is 5. The molecule has 1 fully saturated rings. The summed E-state index contributed by atoms with van der Waals surface area (Å²) >= 11 is 32.9. The molecule has 1 aliphatic rings. The van der Waals surface area contributed by atoms with E-state index >= 15 is 0 Å². The highest BCUT2D eigenvalue weighted by molar-refractivity contribution is 6.53. The molecule has 0 spiro atoms. The minimum absolute atomic E-state index is 0.0178. The van der Waals surface area contributed by atoms with E-state index in [1.54, 1.807) is 23.2 Å².